The number of hydrogen-bond donors (Lipinski definition) is 3. The molecule has 3 aromatic carbocycles. The van der Waals surface area contributed by atoms with Gasteiger partial charge in [-0.05, 0) is 58.9 Å². The molecule has 45 heavy (non-hydrogen) atoms. The number of carboxylic acid groups (broad SMARTS) is 1. The molecule has 3 unspecified atom stereocenters. The number of nitrogens with one attached hydrogen (secondary N) is 1. The van der Waals surface area contributed by atoms with Gasteiger partial charge in [-0.2, -0.15) is 0 Å². The molecule has 1 saturated heterocycles. The Kier molecular flexibility index (Phi) is 11.8. The maximum Gasteiger partial charge on any atom is 0.303 e. The van der Waals surface area contributed by atoms with Gasteiger partial charge in [0, 0.05) is 43.3 Å². The number of hydrogen-bond acceptors (Lipinski definition) is 7. The minimum absolute atomic E-state index is 0.000948. The first-order valence-corrected chi connectivity index (χ1v) is 16.2. The molecule has 9 heteroatoms. The number of aromatic nitrogens is 1. The van der Waals surface area contributed by atoms with Crippen LogP contribution in [0.3, 0.4) is 0 Å². The Labute approximate surface area is 267 Å². The number of nitrogens with zero attached hydrogens (tertiary/aromatic N) is 1. The van der Waals surface area contributed by atoms with Gasteiger partial charge in [0.15, 0.2) is 6.29 Å². The minimum Gasteiger partial charge on any atom is -0.481 e. The van der Waals surface area contributed by atoms with E-state index in [0.717, 1.165) is 44.2 Å². The second-order valence-corrected chi connectivity index (χ2v) is 12.1. The SMILES string of the molecule is O=C(O)CCCCC(=O)NCc1cccc(-c2ccc(C3OC(CSc4ccccn4)CC(c4ccc(CO)cc4)O3)cc2)c1. The lowest BCUT2D eigenvalue weighted by atomic mass is 9.99. The molecule has 3 atom stereocenters. The van der Waals surface area contributed by atoms with E-state index in [1.807, 2.05) is 72.8 Å². The summed E-state index contributed by atoms with van der Waals surface area (Å²) in [4.78, 5) is 27.3. The van der Waals surface area contributed by atoms with Gasteiger partial charge in [0.2, 0.25) is 5.91 Å². The molecule has 0 saturated carbocycles. The highest BCUT2D eigenvalue weighted by atomic mass is 32.2. The standard InChI is InChI=1S/C36H38N2O6S/c39-23-25-11-13-28(14-12-25)32-21-31(24-45-34-9-3-4-19-37-34)43-36(44-32)29-17-15-27(16-18-29)30-7-5-6-26(20-30)22-38-33(40)8-1-2-10-35(41)42/h3-7,9,11-20,31-32,36,39H,1-2,8,10,21-24H2,(H,38,40)(H,41,42). The molecule has 1 amide bonds. The van der Waals surface area contributed by atoms with Crippen molar-refractivity contribution in [2.75, 3.05) is 5.75 Å². The predicted molar refractivity (Wildman–Crippen MR) is 173 cm³/mol. The van der Waals surface area contributed by atoms with Gasteiger partial charge in [0.1, 0.15) is 0 Å². The fraction of sp³-hybridized carbons (Fsp3) is 0.306. The van der Waals surface area contributed by atoms with Crippen LogP contribution in [0.25, 0.3) is 11.1 Å². The van der Waals surface area contributed by atoms with Crippen molar-refractivity contribution in [3.63, 3.8) is 0 Å². The number of pyridine rings is 1. The average molecular weight is 627 g/mol. The van der Waals surface area contributed by atoms with Gasteiger partial charge in [0.25, 0.3) is 0 Å². The second-order valence-electron chi connectivity index (χ2n) is 11.0. The van der Waals surface area contributed by atoms with Crippen LogP contribution >= 0.6 is 11.8 Å². The molecule has 1 aliphatic rings. The summed E-state index contributed by atoms with van der Waals surface area (Å²) in [6.45, 7) is 0.410. The predicted octanol–water partition coefficient (Wildman–Crippen LogP) is 6.84. The number of aliphatic hydroxyl groups is 1. The number of benzene rings is 3. The van der Waals surface area contributed by atoms with E-state index in [2.05, 4.69) is 28.5 Å². The van der Waals surface area contributed by atoms with E-state index in [4.69, 9.17) is 14.6 Å². The van der Waals surface area contributed by atoms with E-state index < -0.39 is 12.3 Å². The van der Waals surface area contributed by atoms with Crippen molar-refractivity contribution in [1.29, 1.82) is 0 Å². The van der Waals surface area contributed by atoms with Crippen LogP contribution in [0.2, 0.25) is 0 Å². The van der Waals surface area contributed by atoms with Crippen molar-refractivity contribution >= 4 is 23.6 Å². The lowest BCUT2D eigenvalue weighted by molar-refractivity contribution is -0.245. The van der Waals surface area contributed by atoms with Crippen LogP contribution in [0, 0.1) is 0 Å². The van der Waals surface area contributed by atoms with Gasteiger partial charge >= 0.3 is 5.97 Å². The molecular weight excluding hydrogens is 588 g/mol. The molecule has 0 radical (unpaired) electrons. The van der Waals surface area contributed by atoms with E-state index in [9.17, 15) is 14.7 Å². The first kappa shape index (κ1) is 32.4. The topological polar surface area (TPSA) is 118 Å². The summed E-state index contributed by atoms with van der Waals surface area (Å²) in [6.07, 6.45) is 3.20. The third-order valence-corrected chi connectivity index (χ3v) is 8.72. The molecular formula is C36H38N2O6S. The Bertz CT molecular complexity index is 1530. The molecule has 2 heterocycles. The van der Waals surface area contributed by atoms with Gasteiger partial charge in [-0.25, -0.2) is 4.98 Å². The third-order valence-electron chi connectivity index (χ3n) is 7.65. The Morgan fingerprint density at radius 3 is 2.36 bits per heavy atom. The number of amides is 1. The van der Waals surface area contributed by atoms with Crippen LogP contribution in [0.1, 0.15) is 66.8 Å². The summed E-state index contributed by atoms with van der Waals surface area (Å²) in [5.74, 6) is -0.179. The van der Waals surface area contributed by atoms with Crippen molar-refractivity contribution in [1.82, 2.24) is 10.3 Å². The third kappa shape index (κ3) is 9.73. The number of aliphatic hydroxyl groups excluding tert-OH is 1. The summed E-state index contributed by atoms with van der Waals surface area (Å²) in [6, 6.07) is 30.0. The zero-order valence-corrected chi connectivity index (χ0v) is 25.8. The Morgan fingerprint density at radius 1 is 0.844 bits per heavy atom. The highest BCUT2D eigenvalue weighted by Crippen LogP contribution is 2.39. The van der Waals surface area contributed by atoms with Crippen LogP contribution in [-0.2, 0) is 32.2 Å². The van der Waals surface area contributed by atoms with Crippen molar-refractivity contribution in [2.24, 2.45) is 0 Å². The summed E-state index contributed by atoms with van der Waals surface area (Å²) >= 11 is 1.67. The van der Waals surface area contributed by atoms with Gasteiger partial charge < -0.3 is 25.0 Å². The van der Waals surface area contributed by atoms with Crippen molar-refractivity contribution < 1.29 is 29.3 Å². The molecule has 1 aromatic heterocycles. The largest absolute Gasteiger partial charge is 0.481 e. The van der Waals surface area contributed by atoms with E-state index >= 15 is 0 Å². The molecule has 5 rings (SSSR count). The highest BCUT2D eigenvalue weighted by Gasteiger charge is 2.32. The van der Waals surface area contributed by atoms with Crippen LogP contribution in [0.5, 0.6) is 0 Å². The van der Waals surface area contributed by atoms with Crippen LogP contribution in [0.4, 0.5) is 0 Å². The van der Waals surface area contributed by atoms with Gasteiger partial charge in [0.05, 0.1) is 23.8 Å². The van der Waals surface area contributed by atoms with Gasteiger partial charge in [-0.1, -0.05) is 72.8 Å². The molecule has 3 N–H and O–H groups in total. The molecule has 0 spiro atoms. The number of ether oxygens (including phenoxy) is 2. The minimum atomic E-state index is -0.840. The number of unbranched alkanes of at least 4 members (excludes halogenated alkanes) is 1. The van der Waals surface area contributed by atoms with E-state index in [0.29, 0.717) is 32.2 Å². The van der Waals surface area contributed by atoms with Crippen LogP contribution < -0.4 is 5.32 Å². The molecule has 8 nitrogen and oxygen atoms in total. The fourth-order valence-corrected chi connectivity index (χ4v) is 6.06. The fourth-order valence-electron chi connectivity index (χ4n) is 5.18. The average Bonchev–Trinajstić information content (AvgIpc) is 3.09. The van der Waals surface area contributed by atoms with Crippen molar-refractivity contribution in [3.8, 4) is 11.1 Å². The second kappa shape index (κ2) is 16.3. The zero-order chi connectivity index (χ0) is 31.4. The monoisotopic (exact) mass is 626 g/mol. The number of carbonyl (C=O) groups excluding carboxylic acids is 1. The molecule has 1 aliphatic heterocycles. The Hall–Kier alpha value is -4.02. The first-order chi connectivity index (χ1) is 22.0. The van der Waals surface area contributed by atoms with Crippen molar-refractivity contribution in [3.05, 3.63) is 119 Å². The van der Waals surface area contributed by atoms with E-state index in [-0.39, 0.29) is 31.1 Å². The van der Waals surface area contributed by atoms with Crippen molar-refractivity contribution in [2.45, 2.75) is 68.8 Å². The van der Waals surface area contributed by atoms with Crippen LogP contribution in [0.15, 0.2) is 102 Å². The first-order valence-electron chi connectivity index (χ1n) is 15.2. The summed E-state index contributed by atoms with van der Waals surface area (Å²) < 4.78 is 13.0. The van der Waals surface area contributed by atoms with E-state index in [1.54, 1.807) is 18.0 Å². The highest BCUT2D eigenvalue weighted by molar-refractivity contribution is 7.99. The Morgan fingerprint density at radius 2 is 1.62 bits per heavy atom. The lowest BCUT2D eigenvalue weighted by Crippen LogP contribution is -2.31. The zero-order valence-electron chi connectivity index (χ0n) is 25.0. The Balaban J connectivity index is 1.24. The van der Waals surface area contributed by atoms with Gasteiger partial charge in [-0.15, -0.1) is 11.8 Å². The normalized spacial score (nSPS) is 17.9. The molecule has 0 aliphatic carbocycles. The molecule has 234 valence electrons. The summed E-state index contributed by atoms with van der Waals surface area (Å²) in [5, 5.41) is 22.1. The number of rotatable bonds is 14. The van der Waals surface area contributed by atoms with E-state index in [1.165, 1.54) is 0 Å². The molecule has 1 fully saturated rings. The summed E-state index contributed by atoms with van der Waals surface area (Å²) in [7, 11) is 0. The molecule has 0 bridgehead atoms. The van der Waals surface area contributed by atoms with Gasteiger partial charge in [-0.3, -0.25) is 9.59 Å². The number of thioether (sulfide) groups is 1. The maximum atomic E-state index is 12.2. The quantitative estimate of drug-likeness (QED) is 0.103. The maximum absolute atomic E-state index is 12.2. The number of carbonyl (C=O) groups is 2. The number of carboxylic acids is 1. The van der Waals surface area contributed by atoms with Crippen LogP contribution in [-0.4, -0.2) is 38.9 Å². The number of aliphatic carboxylic acids is 1. The summed E-state index contributed by atoms with van der Waals surface area (Å²) in [5.41, 5.74) is 5.89. The smallest absolute Gasteiger partial charge is 0.303 e. The lowest BCUT2D eigenvalue weighted by Gasteiger charge is -2.36. The molecule has 4 aromatic rings.